The molecule has 0 aliphatic carbocycles. The predicted molar refractivity (Wildman–Crippen MR) is 134 cm³/mol. The lowest BCUT2D eigenvalue weighted by Gasteiger charge is -2.30. The summed E-state index contributed by atoms with van der Waals surface area (Å²) in [7, 11) is 0. The van der Waals surface area contributed by atoms with Crippen molar-refractivity contribution < 1.29 is 19.7 Å². The maximum absolute atomic E-state index is 10.1. The monoisotopic (exact) mass is 473 g/mol. The number of aromatic nitrogens is 2. The van der Waals surface area contributed by atoms with Gasteiger partial charge in [0, 0.05) is 23.7 Å². The molecule has 0 radical (unpaired) electrons. The Morgan fingerprint density at radius 1 is 1.11 bits per heavy atom. The SMILES string of the molecule is CC1=C(c2cccc(O)c2)C(c2cnc(OCC(C)N3CCC(C)C3)cn2)Oc2ccc(O)cc21. The number of benzene rings is 2. The maximum atomic E-state index is 10.1. The van der Waals surface area contributed by atoms with Crippen molar-refractivity contribution in [3.8, 4) is 23.1 Å². The minimum Gasteiger partial charge on any atom is -0.508 e. The van der Waals surface area contributed by atoms with Gasteiger partial charge in [0.2, 0.25) is 5.88 Å². The molecule has 3 aromatic rings. The van der Waals surface area contributed by atoms with Gasteiger partial charge in [-0.15, -0.1) is 0 Å². The van der Waals surface area contributed by atoms with Gasteiger partial charge in [-0.2, -0.15) is 0 Å². The molecule has 3 heterocycles. The highest BCUT2D eigenvalue weighted by Gasteiger charge is 2.31. The molecule has 0 saturated carbocycles. The van der Waals surface area contributed by atoms with Gasteiger partial charge in [-0.05, 0) is 74.2 Å². The van der Waals surface area contributed by atoms with E-state index >= 15 is 0 Å². The van der Waals surface area contributed by atoms with Gasteiger partial charge in [0.15, 0.2) is 6.10 Å². The molecule has 35 heavy (non-hydrogen) atoms. The van der Waals surface area contributed by atoms with Crippen LogP contribution in [0.2, 0.25) is 0 Å². The van der Waals surface area contributed by atoms with Crippen molar-refractivity contribution in [3.63, 3.8) is 0 Å². The van der Waals surface area contributed by atoms with Crippen molar-refractivity contribution in [2.24, 2.45) is 5.92 Å². The van der Waals surface area contributed by atoms with Crippen molar-refractivity contribution in [2.45, 2.75) is 39.3 Å². The second kappa shape index (κ2) is 9.58. The Kier molecular flexibility index (Phi) is 6.34. The smallest absolute Gasteiger partial charge is 0.232 e. The van der Waals surface area contributed by atoms with Crippen LogP contribution < -0.4 is 9.47 Å². The molecule has 0 spiro atoms. The van der Waals surface area contributed by atoms with E-state index in [9.17, 15) is 10.2 Å². The Hall–Kier alpha value is -3.58. The first-order valence-corrected chi connectivity index (χ1v) is 12.1. The van der Waals surface area contributed by atoms with Gasteiger partial charge in [-0.1, -0.05) is 19.1 Å². The van der Waals surface area contributed by atoms with E-state index in [0.29, 0.717) is 30.0 Å². The summed E-state index contributed by atoms with van der Waals surface area (Å²) in [5.74, 6) is 2.20. The van der Waals surface area contributed by atoms with E-state index in [-0.39, 0.29) is 11.5 Å². The van der Waals surface area contributed by atoms with Gasteiger partial charge in [-0.3, -0.25) is 4.90 Å². The Morgan fingerprint density at radius 3 is 2.66 bits per heavy atom. The van der Waals surface area contributed by atoms with E-state index in [1.54, 1.807) is 48.8 Å². The third-order valence-electron chi connectivity index (χ3n) is 6.90. The van der Waals surface area contributed by atoms with Crippen LogP contribution in [0.5, 0.6) is 23.1 Å². The average molecular weight is 474 g/mol. The summed E-state index contributed by atoms with van der Waals surface area (Å²) in [5, 5.41) is 20.1. The quantitative estimate of drug-likeness (QED) is 0.517. The molecular formula is C28H31N3O4. The summed E-state index contributed by atoms with van der Waals surface area (Å²) in [6, 6.07) is 12.4. The lowest BCUT2D eigenvalue weighted by atomic mass is 9.87. The molecule has 2 aromatic carbocycles. The van der Waals surface area contributed by atoms with Gasteiger partial charge in [0.25, 0.3) is 0 Å². The van der Waals surface area contributed by atoms with Gasteiger partial charge in [0.1, 0.15) is 29.5 Å². The van der Waals surface area contributed by atoms with Crippen LogP contribution in [-0.2, 0) is 0 Å². The van der Waals surface area contributed by atoms with Crippen LogP contribution in [0.4, 0.5) is 0 Å². The van der Waals surface area contributed by atoms with Gasteiger partial charge >= 0.3 is 0 Å². The van der Waals surface area contributed by atoms with Crippen LogP contribution in [0, 0.1) is 5.92 Å². The van der Waals surface area contributed by atoms with Crippen LogP contribution in [0.15, 0.2) is 54.9 Å². The molecule has 2 aliphatic rings. The zero-order valence-electron chi connectivity index (χ0n) is 20.3. The number of phenolic OH excluding ortho intramolecular Hbond substituents is 2. The second-order valence-corrected chi connectivity index (χ2v) is 9.60. The number of aromatic hydroxyl groups is 2. The highest BCUT2D eigenvalue weighted by atomic mass is 16.5. The number of rotatable bonds is 6. The van der Waals surface area contributed by atoms with E-state index in [1.165, 1.54) is 6.42 Å². The maximum Gasteiger partial charge on any atom is 0.232 e. The molecule has 2 N–H and O–H groups in total. The topological polar surface area (TPSA) is 87.9 Å². The Balaban J connectivity index is 1.41. The number of allylic oxidation sites excluding steroid dienone is 1. The third-order valence-corrected chi connectivity index (χ3v) is 6.90. The van der Waals surface area contributed by atoms with Crippen molar-refractivity contribution >= 4 is 11.1 Å². The lowest BCUT2D eigenvalue weighted by Crippen LogP contribution is -2.35. The first kappa shape index (κ1) is 23.2. The number of ether oxygens (including phenoxy) is 2. The summed E-state index contributed by atoms with van der Waals surface area (Å²) < 4.78 is 12.3. The summed E-state index contributed by atoms with van der Waals surface area (Å²) >= 11 is 0. The molecular weight excluding hydrogens is 442 g/mol. The van der Waals surface area contributed by atoms with E-state index < -0.39 is 6.10 Å². The summed E-state index contributed by atoms with van der Waals surface area (Å²) in [5.41, 5.74) is 4.05. The number of phenols is 2. The van der Waals surface area contributed by atoms with E-state index in [4.69, 9.17) is 9.47 Å². The standard InChI is InChI=1S/C28H31N3O4/c1-17-9-10-31(15-17)18(2)16-34-26-14-29-24(13-30-26)28-27(20-5-4-6-21(32)11-20)19(3)23-12-22(33)7-8-25(23)35-28/h4-8,11-14,17-18,28,32-33H,9-10,15-16H2,1-3H3. The zero-order chi connectivity index (χ0) is 24.5. The molecule has 3 unspecified atom stereocenters. The third kappa shape index (κ3) is 4.82. The fourth-order valence-corrected chi connectivity index (χ4v) is 4.91. The summed E-state index contributed by atoms with van der Waals surface area (Å²) in [4.78, 5) is 11.6. The van der Waals surface area contributed by atoms with Gasteiger partial charge < -0.3 is 19.7 Å². The summed E-state index contributed by atoms with van der Waals surface area (Å²) in [6.07, 6.45) is 4.03. The largest absolute Gasteiger partial charge is 0.508 e. The van der Waals surface area contributed by atoms with Crippen LogP contribution in [0.3, 0.4) is 0 Å². The number of hydrogen-bond acceptors (Lipinski definition) is 7. The number of hydrogen-bond donors (Lipinski definition) is 2. The molecule has 5 rings (SSSR count). The van der Waals surface area contributed by atoms with E-state index in [1.807, 2.05) is 13.0 Å². The molecule has 0 amide bonds. The molecule has 1 fully saturated rings. The minimum atomic E-state index is -0.527. The average Bonchev–Trinajstić information content (AvgIpc) is 3.29. The molecule has 3 atom stereocenters. The van der Waals surface area contributed by atoms with Crippen LogP contribution in [-0.4, -0.2) is 50.8 Å². The van der Waals surface area contributed by atoms with Crippen molar-refractivity contribution in [3.05, 3.63) is 71.7 Å². The van der Waals surface area contributed by atoms with Gasteiger partial charge in [0.05, 0.1) is 12.4 Å². The Labute approximate surface area is 205 Å². The Morgan fingerprint density at radius 2 is 1.94 bits per heavy atom. The van der Waals surface area contributed by atoms with Gasteiger partial charge in [-0.25, -0.2) is 9.97 Å². The molecule has 7 heteroatoms. The highest BCUT2D eigenvalue weighted by molar-refractivity contribution is 5.95. The van der Waals surface area contributed by atoms with Crippen LogP contribution in [0.1, 0.15) is 50.1 Å². The number of fused-ring (bicyclic) bond motifs is 1. The molecule has 0 bridgehead atoms. The zero-order valence-corrected chi connectivity index (χ0v) is 20.3. The fraction of sp³-hybridized carbons (Fsp3) is 0.357. The van der Waals surface area contributed by atoms with E-state index in [0.717, 1.165) is 41.3 Å². The highest BCUT2D eigenvalue weighted by Crippen LogP contribution is 2.47. The van der Waals surface area contributed by atoms with Crippen molar-refractivity contribution in [1.82, 2.24) is 14.9 Å². The van der Waals surface area contributed by atoms with Crippen LogP contribution >= 0.6 is 0 Å². The minimum absolute atomic E-state index is 0.166. The molecule has 1 aromatic heterocycles. The first-order valence-electron chi connectivity index (χ1n) is 12.1. The lowest BCUT2D eigenvalue weighted by molar-refractivity contribution is 0.164. The second-order valence-electron chi connectivity index (χ2n) is 9.60. The molecule has 182 valence electrons. The number of nitrogens with zero attached hydrogens (tertiary/aromatic N) is 3. The predicted octanol–water partition coefficient (Wildman–Crippen LogP) is 5.06. The van der Waals surface area contributed by atoms with E-state index in [2.05, 4.69) is 28.7 Å². The number of likely N-dealkylation sites (tertiary alicyclic amines) is 1. The molecule has 2 aliphatic heterocycles. The van der Waals surface area contributed by atoms with Crippen molar-refractivity contribution in [2.75, 3.05) is 19.7 Å². The summed E-state index contributed by atoms with van der Waals surface area (Å²) in [6.45, 7) is 9.23. The molecule has 7 nitrogen and oxygen atoms in total. The molecule has 1 saturated heterocycles. The fourth-order valence-electron chi connectivity index (χ4n) is 4.91. The first-order chi connectivity index (χ1) is 16.9. The normalized spacial score (nSPS) is 20.9. The van der Waals surface area contributed by atoms with Crippen molar-refractivity contribution in [1.29, 1.82) is 0 Å². The van der Waals surface area contributed by atoms with Crippen LogP contribution in [0.25, 0.3) is 11.1 Å². The Bertz CT molecular complexity index is 1240.